The average Bonchev–Trinajstić information content (AvgIpc) is 3.94. The number of carbonyl (C=O) groups is 4. The summed E-state index contributed by atoms with van der Waals surface area (Å²) in [7, 11) is 5.06. The van der Waals surface area contributed by atoms with E-state index in [1.165, 1.54) is 12.0 Å². The minimum absolute atomic E-state index is 0.0101. The molecular weight excluding hydrogens is 785 g/mol. The Morgan fingerprint density at radius 3 is 2.11 bits per heavy atom. The van der Waals surface area contributed by atoms with E-state index in [2.05, 4.69) is 40.4 Å². The number of hydrogen-bond donors (Lipinski definition) is 3. The second-order valence-electron chi connectivity index (χ2n) is 14.8. The summed E-state index contributed by atoms with van der Waals surface area (Å²) in [5, 5.41) is 5.57. The quantitative estimate of drug-likeness (QED) is 0.0779. The molecule has 0 aliphatic heterocycles. The summed E-state index contributed by atoms with van der Waals surface area (Å²) in [6, 6.07) is 28.4. The Hall–Kier alpha value is -7.24. The fraction of sp³-hybridized carbons (Fsp3) is 0.292. The highest BCUT2D eigenvalue weighted by atomic mass is 16.5. The van der Waals surface area contributed by atoms with Gasteiger partial charge in [-0.3, -0.25) is 19.3 Å². The number of anilines is 1. The van der Waals surface area contributed by atoms with E-state index < -0.39 is 30.0 Å². The van der Waals surface area contributed by atoms with E-state index in [1.54, 1.807) is 36.5 Å². The molecule has 0 aliphatic carbocycles. The van der Waals surface area contributed by atoms with Crippen molar-refractivity contribution < 1.29 is 28.3 Å². The van der Waals surface area contributed by atoms with Gasteiger partial charge in [-0.1, -0.05) is 86.6 Å². The number of aryl methyl sites for hydroxylation is 1. The lowest BCUT2D eigenvalue weighted by molar-refractivity contribution is -0.137. The number of methoxy groups -OCH3 is 1. The number of carbonyl (C=O) groups excluding carboxylic acids is 4. The highest BCUT2D eigenvalue weighted by Gasteiger charge is 2.30. The molecule has 2 atom stereocenters. The lowest BCUT2D eigenvalue weighted by atomic mass is 10.0. The van der Waals surface area contributed by atoms with Gasteiger partial charge in [-0.2, -0.15) is 0 Å². The predicted octanol–water partition coefficient (Wildman–Crippen LogP) is 7.76. The van der Waals surface area contributed by atoms with Crippen molar-refractivity contribution in [3.8, 4) is 35.6 Å². The predicted molar refractivity (Wildman–Crippen MR) is 240 cm³/mol. The van der Waals surface area contributed by atoms with Gasteiger partial charge in [0.1, 0.15) is 17.9 Å². The van der Waals surface area contributed by atoms with Crippen molar-refractivity contribution in [1.29, 1.82) is 0 Å². The first-order valence-corrected chi connectivity index (χ1v) is 20.4. The molecule has 6 rings (SSSR count). The van der Waals surface area contributed by atoms with Gasteiger partial charge in [0.15, 0.2) is 5.76 Å². The molecule has 0 spiro atoms. The Morgan fingerprint density at radius 2 is 1.47 bits per heavy atom. The first kappa shape index (κ1) is 45.8. The summed E-state index contributed by atoms with van der Waals surface area (Å²) in [5.74, 6) is 0.747. The zero-order valence-corrected chi connectivity index (χ0v) is 36.1. The molecule has 0 bridgehead atoms. The average molecular weight is 839 g/mol. The molecule has 2 heterocycles. The Kier molecular flexibility index (Phi) is 16.2. The third-order valence-electron chi connectivity index (χ3n) is 10.1. The molecule has 0 fully saturated rings. The summed E-state index contributed by atoms with van der Waals surface area (Å²) >= 11 is 0. The standard InChI is InChI=1S/C46H52N8O6.C2H2/c1-7-23-53(45(57)42(52(4)5)32-17-13-10-14-18-32)28-39-48-35-22-21-34(26-37(35)49-39)43-47-27-38(60-43)33-20-19-30(3)36(25-33)50-40(55)29-54(24-8-2)44(56)41(51-46(58)59-6)31-15-11-9-12-16-31;1-2/h9-22,25-27,41-42H,7-8,23-24,28-29H2,1-6H3,(H,48,49)(H,50,55)(H,51,58);1-2H/t41-,42-;/m1./s1. The number of benzene rings is 4. The fourth-order valence-electron chi connectivity index (χ4n) is 7.10. The molecule has 3 N–H and O–H groups in total. The molecule has 2 aromatic heterocycles. The molecule has 4 aromatic carbocycles. The molecule has 322 valence electrons. The molecule has 0 saturated carbocycles. The van der Waals surface area contributed by atoms with Gasteiger partial charge in [-0.25, -0.2) is 14.8 Å². The van der Waals surface area contributed by atoms with Crippen LogP contribution < -0.4 is 10.6 Å². The van der Waals surface area contributed by atoms with E-state index in [0.717, 1.165) is 34.1 Å². The van der Waals surface area contributed by atoms with Crippen LogP contribution in [0.15, 0.2) is 108 Å². The number of nitrogens with zero attached hydrogens (tertiary/aromatic N) is 5. The Bertz CT molecular complexity index is 2460. The van der Waals surface area contributed by atoms with Crippen LogP contribution in [-0.2, 0) is 25.7 Å². The largest absolute Gasteiger partial charge is 0.453 e. The number of fused-ring (bicyclic) bond motifs is 1. The van der Waals surface area contributed by atoms with Gasteiger partial charge in [0.05, 0.1) is 37.4 Å². The van der Waals surface area contributed by atoms with Crippen LogP contribution >= 0.6 is 0 Å². The molecule has 0 saturated heterocycles. The first-order valence-electron chi connectivity index (χ1n) is 20.4. The van der Waals surface area contributed by atoms with Crippen molar-refractivity contribution in [1.82, 2.24) is 35.0 Å². The number of aromatic nitrogens is 3. The van der Waals surface area contributed by atoms with Crippen molar-refractivity contribution in [3.05, 3.63) is 126 Å². The van der Waals surface area contributed by atoms with Crippen molar-refractivity contribution in [2.75, 3.05) is 46.2 Å². The van der Waals surface area contributed by atoms with Gasteiger partial charge >= 0.3 is 6.09 Å². The Balaban J connectivity index is 0.00000358. The van der Waals surface area contributed by atoms with E-state index in [9.17, 15) is 19.2 Å². The van der Waals surface area contributed by atoms with Crippen LogP contribution in [0, 0.1) is 19.8 Å². The number of likely N-dealkylation sites (N-methyl/N-ethyl adjacent to an activating group) is 1. The number of terminal acetylenes is 1. The maximum absolute atomic E-state index is 13.9. The SMILES string of the molecule is C#C.CCCN(CC(=O)Nc1cc(-c2cnc(-c3ccc4nc(CN(CCC)C(=O)[C@@H](c5ccccc5)N(C)C)[nH]c4c3)o2)ccc1C)C(=O)[C@H](NC(=O)OC)c1ccccc1. The van der Waals surface area contributed by atoms with Crippen LogP contribution in [0.1, 0.15) is 61.3 Å². The number of rotatable bonds is 17. The third-order valence-corrected chi connectivity index (χ3v) is 10.1. The maximum atomic E-state index is 13.9. The highest BCUT2D eigenvalue weighted by molar-refractivity contribution is 5.97. The number of imidazole rings is 1. The zero-order chi connectivity index (χ0) is 44.8. The highest BCUT2D eigenvalue weighted by Crippen LogP contribution is 2.31. The van der Waals surface area contributed by atoms with E-state index in [1.807, 2.05) is 104 Å². The number of amides is 4. The van der Waals surface area contributed by atoms with Gasteiger partial charge in [0, 0.05) is 29.9 Å². The van der Waals surface area contributed by atoms with Gasteiger partial charge in [0.2, 0.25) is 23.6 Å². The van der Waals surface area contributed by atoms with E-state index in [-0.39, 0.29) is 12.5 Å². The summed E-state index contributed by atoms with van der Waals surface area (Å²) in [4.78, 5) is 71.4. The Morgan fingerprint density at radius 1 is 0.823 bits per heavy atom. The maximum Gasteiger partial charge on any atom is 0.407 e. The minimum Gasteiger partial charge on any atom is -0.453 e. The fourth-order valence-corrected chi connectivity index (χ4v) is 7.10. The molecule has 62 heavy (non-hydrogen) atoms. The number of aromatic amines is 1. The summed E-state index contributed by atoms with van der Waals surface area (Å²) in [6.07, 6.45) is 10.3. The van der Waals surface area contributed by atoms with Gasteiger partial charge in [0.25, 0.3) is 0 Å². The van der Waals surface area contributed by atoms with E-state index in [4.69, 9.17) is 14.1 Å². The van der Waals surface area contributed by atoms with Crippen molar-refractivity contribution in [2.45, 2.75) is 52.2 Å². The van der Waals surface area contributed by atoms with Gasteiger partial charge in [-0.15, -0.1) is 12.8 Å². The van der Waals surface area contributed by atoms with Gasteiger partial charge < -0.3 is 34.6 Å². The first-order chi connectivity index (χ1) is 30.0. The van der Waals surface area contributed by atoms with Crippen molar-refractivity contribution in [3.63, 3.8) is 0 Å². The normalized spacial score (nSPS) is 11.8. The lowest BCUT2D eigenvalue weighted by Crippen LogP contribution is -2.46. The third kappa shape index (κ3) is 11.3. The molecule has 4 amide bonds. The monoisotopic (exact) mass is 838 g/mol. The van der Waals surface area contributed by atoms with E-state index >= 15 is 0 Å². The lowest BCUT2D eigenvalue weighted by Gasteiger charge is -2.30. The summed E-state index contributed by atoms with van der Waals surface area (Å²) in [6.45, 7) is 6.82. The van der Waals surface area contributed by atoms with Crippen molar-refractivity contribution >= 4 is 40.5 Å². The number of hydrogen-bond acceptors (Lipinski definition) is 9. The zero-order valence-electron chi connectivity index (χ0n) is 36.1. The molecule has 14 nitrogen and oxygen atoms in total. The van der Waals surface area contributed by atoms with Crippen LogP contribution in [0.4, 0.5) is 10.5 Å². The Labute approximate surface area is 362 Å². The van der Waals surface area contributed by atoms with Crippen LogP contribution in [0.5, 0.6) is 0 Å². The number of oxazole rings is 1. The number of ether oxygens (including phenoxy) is 1. The molecule has 0 aliphatic rings. The minimum atomic E-state index is -1.03. The molecule has 6 aromatic rings. The second-order valence-corrected chi connectivity index (χ2v) is 14.8. The molecule has 0 radical (unpaired) electrons. The summed E-state index contributed by atoms with van der Waals surface area (Å²) < 4.78 is 11.0. The second kappa shape index (κ2) is 21.8. The number of alkyl carbamates (subject to hydrolysis) is 1. The molecular formula is C48H54N8O6. The van der Waals surface area contributed by atoms with Crippen LogP contribution in [0.2, 0.25) is 0 Å². The summed E-state index contributed by atoms with van der Waals surface area (Å²) in [5.41, 5.74) is 5.83. The molecule has 14 heteroatoms. The number of H-pyrrole nitrogens is 1. The van der Waals surface area contributed by atoms with Crippen LogP contribution in [0.25, 0.3) is 33.8 Å². The smallest absolute Gasteiger partial charge is 0.407 e. The topological polar surface area (TPSA) is 166 Å². The van der Waals surface area contributed by atoms with E-state index in [0.29, 0.717) is 60.3 Å². The van der Waals surface area contributed by atoms with Gasteiger partial charge in [-0.05, 0) is 74.8 Å². The van der Waals surface area contributed by atoms with Crippen LogP contribution in [-0.4, -0.2) is 94.3 Å². The van der Waals surface area contributed by atoms with Crippen molar-refractivity contribution in [2.24, 2.45) is 0 Å². The molecule has 0 unspecified atom stereocenters. The number of nitrogens with one attached hydrogen (secondary N) is 3. The van der Waals surface area contributed by atoms with Crippen LogP contribution in [0.3, 0.4) is 0 Å².